The van der Waals surface area contributed by atoms with Gasteiger partial charge in [-0.3, -0.25) is 4.79 Å². The molecule has 1 heterocycles. The van der Waals surface area contributed by atoms with Crippen LogP contribution < -0.4 is 4.74 Å². The number of amides is 1. The SMILES string of the molecule is COc1ccc(C(=O)N2CCOC[C@@H]2CO)cc1. The molecule has 1 atom stereocenters. The number of hydrogen-bond acceptors (Lipinski definition) is 4. The monoisotopic (exact) mass is 251 g/mol. The summed E-state index contributed by atoms with van der Waals surface area (Å²) in [4.78, 5) is 13.9. The summed E-state index contributed by atoms with van der Waals surface area (Å²) in [6.07, 6.45) is 0. The van der Waals surface area contributed by atoms with Crippen LogP contribution >= 0.6 is 0 Å². The van der Waals surface area contributed by atoms with Gasteiger partial charge in [0.05, 0.1) is 33.0 Å². The second-order valence-corrected chi connectivity index (χ2v) is 4.14. The highest BCUT2D eigenvalue weighted by Gasteiger charge is 2.27. The van der Waals surface area contributed by atoms with Crippen molar-refractivity contribution in [2.24, 2.45) is 0 Å². The van der Waals surface area contributed by atoms with E-state index in [9.17, 15) is 9.90 Å². The third-order valence-electron chi connectivity index (χ3n) is 3.04. The first-order chi connectivity index (χ1) is 8.76. The molecule has 1 aliphatic heterocycles. The van der Waals surface area contributed by atoms with Crippen molar-refractivity contribution in [2.45, 2.75) is 6.04 Å². The molecule has 1 aromatic carbocycles. The topological polar surface area (TPSA) is 59.0 Å². The quantitative estimate of drug-likeness (QED) is 0.851. The van der Waals surface area contributed by atoms with Crippen molar-refractivity contribution < 1.29 is 19.4 Å². The van der Waals surface area contributed by atoms with Crippen LogP contribution in [0.4, 0.5) is 0 Å². The summed E-state index contributed by atoms with van der Waals surface area (Å²) >= 11 is 0. The van der Waals surface area contributed by atoms with Crippen LogP contribution in [-0.4, -0.2) is 55.4 Å². The molecular weight excluding hydrogens is 234 g/mol. The van der Waals surface area contributed by atoms with E-state index in [-0.39, 0.29) is 18.6 Å². The summed E-state index contributed by atoms with van der Waals surface area (Å²) in [7, 11) is 1.58. The molecule has 98 valence electrons. The number of morpholine rings is 1. The number of benzene rings is 1. The summed E-state index contributed by atoms with van der Waals surface area (Å²) in [5.41, 5.74) is 0.594. The third-order valence-corrected chi connectivity index (χ3v) is 3.04. The van der Waals surface area contributed by atoms with Crippen molar-refractivity contribution in [3.8, 4) is 5.75 Å². The zero-order chi connectivity index (χ0) is 13.0. The predicted octanol–water partition coefficient (Wildman–Crippen LogP) is 0.528. The first-order valence-electron chi connectivity index (χ1n) is 5.90. The van der Waals surface area contributed by atoms with E-state index in [1.54, 1.807) is 36.3 Å². The highest BCUT2D eigenvalue weighted by Crippen LogP contribution is 2.16. The van der Waals surface area contributed by atoms with E-state index in [4.69, 9.17) is 9.47 Å². The number of rotatable bonds is 3. The molecule has 0 unspecified atom stereocenters. The molecule has 5 heteroatoms. The van der Waals surface area contributed by atoms with Gasteiger partial charge >= 0.3 is 0 Å². The van der Waals surface area contributed by atoms with E-state index >= 15 is 0 Å². The van der Waals surface area contributed by atoms with E-state index in [1.165, 1.54) is 0 Å². The maximum atomic E-state index is 12.3. The highest BCUT2D eigenvalue weighted by molar-refractivity contribution is 5.94. The molecule has 1 N–H and O–H groups in total. The number of aliphatic hydroxyl groups excluding tert-OH is 1. The van der Waals surface area contributed by atoms with Crippen molar-refractivity contribution in [1.82, 2.24) is 4.90 Å². The van der Waals surface area contributed by atoms with Gasteiger partial charge in [0, 0.05) is 12.1 Å². The van der Waals surface area contributed by atoms with E-state index < -0.39 is 0 Å². The minimum Gasteiger partial charge on any atom is -0.497 e. The number of hydrogen-bond donors (Lipinski definition) is 1. The fraction of sp³-hybridized carbons (Fsp3) is 0.462. The van der Waals surface area contributed by atoms with Crippen LogP contribution in [0.25, 0.3) is 0 Å². The molecule has 5 nitrogen and oxygen atoms in total. The highest BCUT2D eigenvalue weighted by atomic mass is 16.5. The summed E-state index contributed by atoms with van der Waals surface area (Å²) in [6, 6.07) is 6.70. The molecule has 18 heavy (non-hydrogen) atoms. The molecule has 0 aromatic heterocycles. The van der Waals surface area contributed by atoms with Gasteiger partial charge in [0.25, 0.3) is 5.91 Å². The summed E-state index contributed by atoms with van der Waals surface area (Å²) in [5, 5.41) is 9.25. The van der Waals surface area contributed by atoms with Gasteiger partial charge in [0.1, 0.15) is 5.75 Å². The van der Waals surface area contributed by atoms with Crippen molar-refractivity contribution in [2.75, 3.05) is 33.5 Å². The summed E-state index contributed by atoms with van der Waals surface area (Å²) in [6.45, 7) is 1.33. The van der Waals surface area contributed by atoms with Gasteiger partial charge in [-0.25, -0.2) is 0 Å². The van der Waals surface area contributed by atoms with E-state index in [1.807, 2.05) is 0 Å². The lowest BCUT2D eigenvalue weighted by Crippen LogP contribution is -2.50. The number of carbonyl (C=O) groups is 1. The Morgan fingerprint density at radius 1 is 1.50 bits per heavy atom. The Morgan fingerprint density at radius 2 is 2.22 bits per heavy atom. The molecule has 0 radical (unpaired) electrons. The predicted molar refractivity (Wildman–Crippen MR) is 65.7 cm³/mol. The Balaban J connectivity index is 2.13. The zero-order valence-corrected chi connectivity index (χ0v) is 10.3. The third kappa shape index (κ3) is 2.63. The Hall–Kier alpha value is -1.59. The largest absolute Gasteiger partial charge is 0.497 e. The minimum absolute atomic E-state index is 0.0815. The number of methoxy groups -OCH3 is 1. The van der Waals surface area contributed by atoms with Gasteiger partial charge in [-0.15, -0.1) is 0 Å². The lowest BCUT2D eigenvalue weighted by Gasteiger charge is -2.34. The molecule has 0 spiro atoms. The number of aliphatic hydroxyl groups is 1. The lowest BCUT2D eigenvalue weighted by atomic mass is 10.1. The van der Waals surface area contributed by atoms with E-state index in [2.05, 4.69) is 0 Å². The van der Waals surface area contributed by atoms with Crippen molar-refractivity contribution in [1.29, 1.82) is 0 Å². The maximum Gasteiger partial charge on any atom is 0.254 e. The Kier molecular flexibility index (Phi) is 4.17. The van der Waals surface area contributed by atoms with E-state index in [0.717, 1.165) is 0 Å². The first kappa shape index (κ1) is 12.9. The van der Waals surface area contributed by atoms with Crippen LogP contribution in [0.5, 0.6) is 5.75 Å². The second kappa shape index (κ2) is 5.84. The first-order valence-corrected chi connectivity index (χ1v) is 5.90. The van der Waals surface area contributed by atoms with Crippen LogP contribution in [0.3, 0.4) is 0 Å². The molecule has 2 rings (SSSR count). The average Bonchev–Trinajstić information content (AvgIpc) is 2.46. The molecule has 1 fully saturated rings. The molecule has 0 saturated carbocycles. The summed E-state index contributed by atoms with van der Waals surface area (Å²) in [5.74, 6) is 0.632. The van der Waals surface area contributed by atoms with Gasteiger partial charge in [-0.2, -0.15) is 0 Å². The molecule has 0 bridgehead atoms. The summed E-state index contributed by atoms with van der Waals surface area (Å²) < 4.78 is 10.3. The van der Waals surface area contributed by atoms with Crippen LogP contribution in [0.1, 0.15) is 10.4 Å². The Labute approximate surface area is 106 Å². The van der Waals surface area contributed by atoms with Crippen LogP contribution in [0.2, 0.25) is 0 Å². The smallest absolute Gasteiger partial charge is 0.254 e. The van der Waals surface area contributed by atoms with Crippen molar-refractivity contribution in [3.63, 3.8) is 0 Å². The van der Waals surface area contributed by atoms with Crippen LogP contribution in [0, 0.1) is 0 Å². The minimum atomic E-state index is -0.256. The molecular formula is C13H17NO4. The Bertz CT molecular complexity index is 404. The fourth-order valence-electron chi connectivity index (χ4n) is 1.97. The van der Waals surface area contributed by atoms with Crippen LogP contribution in [0.15, 0.2) is 24.3 Å². The second-order valence-electron chi connectivity index (χ2n) is 4.14. The molecule has 1 saturated heterocycles. The van der Waals surface area contributed by atoms with Gasteiger partial charge in [-0.05, 0) is 24.3 Å². The number of ether oxygens (including phenoxy) is 2. The Morgan fingerprint density at radius 3 is 2.83 bits per heavy atom. The molecule has 0 aliphatic carbocycles. The normalized spacial score (nSPS) is 19.7. The van der Waals surface area contributed by atoms with Crippen molar-refractivity contribution in [3.05, 3.63) is 29.8 Å². The number of carbonyl (C=O) groups excluding carboxylic acids is 1. The van der Waals surface area contributed by atoms with Crippen molar-refractivity contribution >= 4 is 5.91 Å². The molecule has 1 amide bonds. The van der Waals surface area contributed by atoms with Crippen LogP contribution in [-0.2, 0) is 4.74 Å². The van der Waals surface area contributed by atoms with Gasteiger partial charge in [0.2, 0.25) is 0 Å². The van der Waals surface area contributed by atoms with Gasteiger partial charge < -0.3 is 19.5 Å². The van der Waals surface area contributed by atoms with Gasteiger partial charge in [0.15, 0.2) is 0 Å². The number of nitrogens with zero attached hydrogens (tertiary/aromatic N) is 1. The molecule has 1 aliphatic rings. The lowest BCUT2D eigenvalue weighted by molar-refractivity contribution is -0.0183. The average molecular weight is 251 g/mol. The van der Waals surface area contributed by atoms with Gasteiger partial charge in [-0.1, -0.05) is 0 Å². The molecule has 1 aromatic rings. The maximum absolute atomic E-state index is 12.3. The fourth-order valence-corrected chi connectivity index (χ4v) is 1.97. The zero-order valence-electron chi connectivity index (χ0n) is 10.3. The standard InChI is InChI=1S/C13H17NO4/c1-17-12-4-2-10(3-5-12)13(16)14-6-7-18-9-11(14)8-15/h2-5,11,15H,6-9H2,1H3/t11-/m0/s1. The van der Waals surface area contributed by atoms with E-state index in [0.29, 0.717) is 31.1 Å².